The Morgan fingerprint density at radius 2 is 2.17 bits per heavy atom. The molecule has 2 aromatic rings. The number of benzene rings is 1. The zero-order chi connectivity index (χ0) is 20.8. The maximum absolute atomic E-state index is 12.7. The number of hydrogen-bond acceptors (Lipinski definition) is 4. The summed E-state index contributed by atoms with van der Waals surface area (Å²) in [6.45, 7) is 8.91. The number of piperazine rings is 1. The Labute approximate surface area is 195 Å². The second-order valence-electron chi connectivity index (χ2n) is 7.28. The summed E-state index contributed by atoms with van der Waals surface area (Å²) >= 11 is 0. The summed E-state index contributed by atoms with van der Waals surface area (Å²) in [4.78, 5) is 21.2. The van der Waals surface area contributed by atoms with Gasteiger partial charge < -0.3 is 19.9 Å². The van der Waals surface area contributed by atoms with E-state index < -0.39 is 0 Å². The molecule has 0 saturated carbocycles. The second-order valence-corrected chi connectivity index (χ2v) is 7.28. The first-order chi connectivity index (χ1) is 14.0. The quantitative estimate of drug-likeness (QED) is 0.356. The molecule has 1 N–H and O–H groups in total. The minimum absolute atomic E-state index is 0. The zero-order valence-corrected chi connectivity index (χ0v) is 20.4. The van der Waals surface area contributed by atoms with Crippen LogP contribution in [0.15, 0.2) is 41.7 Å². The van der Waals surface area contributed by atoms with Gasteiger partial charge in [-0.15, -0.1) is 24.0 Å². The molecule has 2 heterocycles. The van der Waals surface area contributed by atoms with Crippen LogP contribution >= 0.6 is 24.0 Å². The molecule has 1 saturated heterocycles. The third-order valence-electron chi connectivity index (χ3n) is 4.68. The van der Waals surface area contributed by atoms with Gasteiger partial charge in [0.2, 0.25) is 5.91 Å². The van der Waals surface area contributed by atoms with E-state index in [0.29, 0.717) is 19.6 Å². The first-order valence-electron chi connectivity index (χ1n) is 10.0. The van der Waals surface area contributed by atoms with E-state index in [0.717, 1.165) is 29.5 Å². The summed E-state index contributed by atoms with van der Waals surface area (Å²) in [5.41, 5.74) is 2.00. The Bertz CT molecular complexity index is 869. The van der Waals surface area contributed by atoms with Gasteiger partial charge in [0, 0.05) is 32.9 Å². The molecule has 8 nitrogen and oxygen atoms in total. The summed E-state index contributed by atoms with van der Waals surface area (Å²) < 4.78 is 7.68. The Kier molecular flexibility index (Phi) is 8.94. The molecule has 9 heteroatoms. The molecule has 1 amide bonds. The molecule has 1 aliphatic rings. The Morgan fingerprint density at radius 3 is 2.80 bits per heavy atom. The number of ether oxygens (including phenoxy) is 1. The highest BCUT2D eigenvalue weighted by molar-refractivity contribution is 14.0. The molecule has 0 bridgehead atoms. The summed E-state index contributed by atoms with van der Waals surface area (Å²) in [5.74, 6) is 1.63. The van der Waals surface area contributed by atoms with Crippen LogP contribution in [-0.2, 0) is 11.8 Å². The Morgan fingerprint density at radius 1 is 1.37 bits per heavy atom. The van der Waals surface area contributed by atoms with Crippen LogP contribution in [0.4, 0.5) is 5.69 Å². The maximum atomic E-state index is 12.7. The Hall–Kier alpha value is -2.30. The normalized spacial score (nSPS) is 15.6. The number of rotatable bonds is 6. The summed E-state index contributed by atoms with van der Waals surface area (Å²) in [6, 6.07) is 8.00. The number of guanidine groups is 1. The van der Waals surface area contributed by atoms with Gasteiger partial charge in [-0.2, -0.15) is 5.10 Å². The first kappa shape index (κ1) is 24.0. The number of aromatic nitrogens is 2. The molecule has 1 aromatic carbocycles. The Balaban J connectivity index is 0.00000320. The van der Waals surface area contributed by atoms with Gasteiger partial charge in [-0.25, -0.2) is 4.99 Å². The third kappa shape index (κ3) is 6.35. The number of amides is 1. The van der Waals surface area contributed by atoms with Crippen LogP contribution in [0.1, 0.15) is 19.4 Å². The number of carbonyl (C=O) groups excluding carboxylic acids is 1. The number of nitrogens with zero attached hydrogens (tertiary/aromatic N) is 5. The van der Waals surface area contributed by atoms with Crippen molar-refractivity contribution in [1.82, 2.24) is 20.0 Å². The van der Waals surface area contributed by atoms with Gasteiger partial charge in [0.1, 0.15) is 18.4 Å². The van der Waals surface area contributed by atoms with Gasteiger partial charge in [-0.3, -0.25) is 9.48 Å². The van der Waals surface area contributed by atoms with Gasteiger partial charge in [0.25, 0.3) is 0 Å². The molecule has 30 heavy (non-hydrogen) atoms. The van der Waals surface area contributed by atoms with Crippen LogP contribution in [0.25, 0.3) is 0 Å². The summed E-state index contributed by atoms with van der Waals surface area (Å²) in [6.07, 6.45) is 3.51. The van der Waals surface area contributed by atoms with Crippen LogP contribution < -0.4 is 15.0 Å². The molecule has 1 unspecified atom stereocenters. The lowest BCUT2D eigenvalue weighted by Gasteiger charge is -2.35. The van der Waals surface area contributed by atoms with Crippen molar-refractivity contribution in [1.29, 1.82) is 0 Å². The standard InChI is InChI=1S/C21H30N6O2.HI/c1-5-22-21(23-12-17(3)29-19-8-6-7-16(2)11-19)26-9-10-27(20(28)15-26)18-13-24-25(4)14-18;/h6-8,11,13-14,17H,5,9-10,12,15H2,1-4H3,(H,22,23);1H. The van der Waals surface area contributed by atoms with E-state index in [-0.39, 0.29) is 42.5 Å². The van der Waals surface area contributed by atoms with Crippen LogP contribution in [-0.4, -0.2) is 65.4 Å². The molecule has 0 aliphatic carbocycles. The molecule has 0 spiro atoms. The first-order valence-corrected chi connectivity index (χ1v) is 10.0. The molecular weight excluding hydrogens is 495 g/mol. The van der Waals surface area contributed by atoms with Gasteiger partial charge in [0.05, 0.1) is 18.4 Å². The highest BCUT2D eigenvalue weighted by Gasteiger charge is 2.27. The lowest BCUT2D eigenvalue weighted by molar-refractivity contribution is -0.120. The largest absolute Gasteiger partial charge is 0.489 e. The van der Waals surface area contributed by atoms with Gasteiger partial charge in [-0.05, 0) is 38.5 Å². The van der Waals surface area contributed by atoms with Gasteiger partial charge in [0.15, 0.2) is 5.96 Å². The number of anilines is 1. The smallest absolute Gasteiger partial charge is 0.246 e. The SMILES string of the molecule is CCNC(=NCC(C)Oc1cccc(C)c1)N1CCN(c2cnn(C)c2)C(=O)C1.I. The number of carbonyl (C=O) groups is 1. The van der Waals surface area contributed by atoms with Gasteiger partial charge in [-0.1, -0.05) is 12.1 Å². The van der Waals surface area contributed by atoms with Crippen molar-refractivity contribution in [3.63, 3.8) is 0 Å². The van der Waals surface area contributed by atoms with E-state index in [9.17, 15) is 4.79 Å². The fourth-order valence-electron chi connectivity index (χ4n) is 3.27. The predicted octanol–water partition coefficient (Wildman–Crippen LogP) is 2.43. The van der Waals surface area contributed by atoms with Crippen molar-refractivity contribution in [3.05, 3.63) is 42.2 Å². The van der Waals surface area contributed by atoms with E-state index in [4.69, 9.17) is 9.73 Å². The molecule has 1 aromatic heterocycles. The monoisotopic (exact) mass is 526 g/mol. The van der Waals surface area contributed by atoms with Crippen LogP contribution in [0.2, 0.25) is 0 Å². The minimum Gasteiger partial charge on any atom is -0.489 e. The van der Waals surface area contributed by atoms with Crippen LogP contribution in [0.5, 0.6) is 5.75 Å². The summed E-state index contributed by atoms with van der Waals surface area (Å²) in [5, 5.41) is 7.45. The molecule has 3 rings (SSSR count). The number of halogens is 1. The van der Waals surface area contributed by atoms with E-state index in [1.54, 1.807) is 15.8 Å². The molecule has 1 fully saturated rings. The topological polar surface area (TPSA) is 75.0 Å². The molecule has 164 valence electrons. The van der Waals surface area contributed by atoms with Crippen molar-refractivity contribution in [3.8, 4) is 5.75 Å². The van der Waals surface area contributed by atoms with Crippen LogP contribution in [0.3, 0.4) is 0 Å². The molecular formula is C21H31IN6O2. The van der Waals surface area contributed by atoms with Gasteiger partial charge >= 0.3 is 0 Å². The van der Waals surface area contributed by atoms with Crippen molar-refractivity contribution in [2.75, 3.05) is 37.6 Å². The summed E-state index contributed by atoms with van der Waals surface area (Å²) in [7, 11) is 1.85. The van der Waals surface area contributed by atoms with Crippen molar-refractivity contribution < 1.29 is 9.53 Å². The minimum atomic E-state index is -0.0714. The number of aliphatic imine (C=N–C) groups is 1. The average Bonchev–Trinajstić information content (AvgIpc) is 3.11. The number of aryl methyl sites for hydroxylation is 2. The van der Waals surface area contributed by atoms with Crippen molar-refractivity contribution in [2.24, 2.45) is 12.0 Å². The highest BCUT2D eigenvalue weighted by atomic mass is 127. The van der Waals surface area contributed by atoms with E-state index in [1.165, 1.54) is 0 Å². The number of hydrogen-bond donors (Lipinski definition) is 1. The van der Waals surface area contributed by atoms with Crippen molar-refractivity contribution in [2.45, 2.75) is 26.9 Å². The molecule has 1 aliphatic heterocycles. The third-order valence-corrected chi connectivity index (χ3v) is 4.68. The average molecular weight is 526 g/mol. The molecule has 1 atom stereocenters. The lowest BCUT2D eigenvalue weighted by atomic mass is 10.2. The molecule has 0 radical (unpaired) electrons. The van der Waals surface area contributed by atoms with E-state index in [2.05, 4.69) is 10.4 Å². The van der Waals surface area contributed by atoms with Crippen LogP contribution in [0, 0.1) is 6.92 Å². The van der Waals surface area contributed by atoms with E-state index >= 15 is 0 Å². The zero-order valence-electron chi connectivity index (χ0n) is 18.0. The van der Waals surface area contributed by atoms with E-state index in [1.807, 2.05) is 63.2 Å². The van der Waals surface area contributed by atoms with Crippen molar-refractivity contribution >= 4 is 41.5 Å². The number of nitrogens with one attached hydrogen (secondary N) is 1. The second kappa shape index (κ2) is 11.2. The maximum Gasteiger partial charge on any atom is 0.246 e. The lowest BCUT2D eigenvalue weighted by Crippen LogP contribution is -2.55. The highest BCUT2D eigenvalue weighted by Crippen LogP contribution is 2.17. The predicted molar refractivity (Wildman–Crippen MR) is 130 cm³/mol. The fourth-order valence-corrected chi connectivity index (χ4v) is 3.27. The fraction of sp³-hybridized carbons (Fsp3) is 0.476.